The minimum absolute atomic E-state index is 0.00898. The number of nitrogens with zero attached hydrogens (tertiary/aromatic N) is 4. The van der Waals surface area contributed by atoms with Gasteiger partial charge in [0.15, 0.2) is 11.4 Å². The van der Waals surface area contributed by atoms with Crippen LogP contribution in [0.25, 0.3) is 11.3 Å². The quantitative estimate of drug-likeness (QED) is 0.291. The molecule has 0 saturated carbocycles. The van der Waals surface area contributed by atoms with Gasteiger partial charge < -0.3 is 20.2 Å². The summed E-state index contributed by atoms with van der Waals surface area (Å²) in [5.74, 6) is -1.37. The summed E-state index contributed by atoms with van der Waals surface area (Å²) in [5.41, 5.74) is 2.12. The molecule has 0 spiro atoms. The minimum Gasteiger partial charge on any atom is -0.504 e. The SMILES string of the molecule is CC(=NNC(=O)c1ccc(C(=O)N2CC(O)C(O)C2)s1)c1nn(C)c(-c2ccc(C(F)(F)F)cc2)c1O. The highest BCUT2D eigenvalue weighted by atomic mass is 32.1. The lowest BCUT2D eigenvalue weighted by Gasteiger charge is -2.13. The van der Waals surface area contributed by atoms with E-state index in [9.17, 15) is 38.1 Å². The van der Waals surface area contributed by atoms with Gasteiger partial charge in [-0.2, -0.15) is 23.4 Å². The van der Waals surface area contributed by atoms with Crippen LogP contribution in [0.5, 0.6) is 5.75 Å². The van der Waals surface area contributed by atoms with Gasteiger partial charge in [0.25, 0.3) is 11.8 Å². The van der Waals surface area contributed by atoms with Crippen LogP contribution in [-0.2, 0) is 13.2 Å². The number of amides is 2. The number of aromatic hydroxyl groups is 1. The van der Waals surface area contributed by atoms with Crippen LogP contribution < -0.4 is 5.43 Å². The molecule has 1 saturated heterocycles. The molecule has 2 unspecified atom stereocenters. The number of hydrazone groups is 1. The summed E-state index contributed by atoms with van der Waals surface area (Å²) >= 11 is 0.911. The highest BCUT2D eigenvalue weighted by molar-refractivity contribution is 7.15. The number of aliphatic hydroxyl groups is 2. The van der Waals surface area contributed by atoms with Crippen LogP contribution in [0, 0.1) is 0 Å². The lowest BCUT2D eigenvalue weighted by molar-refractivity contribution is -0.137. The minimum atomic E-state index is -4.49. The van der Waals surface area contributed by atoms with Crippen molar-refractivity contribution in [1.82, 2.24) is 20.1 Å². The monoisotopic (exact) mass is 537 g/mol. The zero-order valence-corrected chi connectivity index (χ0v) is 20.3. The predicted molar refractivity (Wildman–Crippen MR) is 127 cm³/mol. The first-order chi connectivity index (χ1) is 17.4. The van der Waals surface area contributed by atoms with Crippen molar-refractivity contribution in [3.63, 3.8) is 0 Å². The molecule has 0 bridgehead atoms. The van der Waals surface area contributed by atoms with E-state index >= 15 is 0 Å². The van der Waals surface area contributed by atoms with Crippen molar-refractivity contribution in [2.45, 2.75) is 25.3 Å². The van der Waals surface area contributed by atoms with Crippen molar-refractivity contribution in [1.29, 1.82) is 0 Å². The van der Waals surface area contributed by atoms with Crippen molar-refractivity contribution in [2.75, 3.05) is 13.1 Å². The van der Waals surface area contributed by atoms with Crippen LogP contribution in [0.4, 0.5) is 13.2 Å². The maximum absolute atomic E-state index is 12.8. The molecule has 2 amide bonds. The Hall–Kier alpha value is -3.75. The molecule has 0 aliphatic carbocycles. The molecule has 1 aromatic carbocycles. The van der Waals surface area contributed by atoms with Gasteiger partial charge in [-0.15, -0.1) is 11.3 Å². The average Bonchev–Trinajstić information content (AvgIpc) is 3.54. The second-order valence-electron chi connectivity index (χ2n) is 8.39. The van der Waals surface area contributed by atoms with Gasteiger partial charge in [0.2, 0.25) is 0 Å². The molecular formula is C23H22F3N5O5S. The van der Waals surface area contributed by atoms with E-state index in [0.29, 0.717) is 5.56 Å². The summed E-state index contributed by atoms with van der Waals surface area (Å²) in [5, 5.41) is 38.1. The van der Waals surface area contributed by atoms with Gasteiger partial charge in [0, 0.05) is 25.7 Å². The molecule has 0 radical (unpaired) electrons. The number of rotatable bonds is 5. The zero-order chi connectivity index (χ0) is 27.1. The van der Waals surface area contributed by atoms with E-state index in [2.05, 4.69) is 15.6 Å². The molecule has 1 aliphatic rings. The number of likely N-dealkylation sites (tertiary alicyclic amines) is 1. The molecule has 1 fully saturated rings. The number of halogens is 3. The van der Waals surface area contributed by atoms with Crippen LogP contribution in [0.3, 0.4) is 0 Å². The molecule has 2 atom stereocenters. The fraction of sp³-hybridized carbons (Fsp3) is 0.304. The Kier molecular flexibility index (Phi) is 7.08. The van der Waals surface area contributed by atoms with Gasteiger partial charge in [-0.05, 0) is 31.2 Å². The fourth-order valence-electron chi connectivity index (χ4n) is 3.81. The van der Waals surface area contributed by atoms with Crippen molar-refractivity contribution in [2.24, 2.45) is 12.1 Å². The number of thiophene rings is 1. The first-order valence-corrected chi connectivity index (χ1v) is 11.7. The Bertz CT molecular complexity index is 1360. The molecule has 10 nitrogen and oxygen atoms in total. The number of aryl methyl sites for hydroxylation is 1. The Morgan fingerprint density at radius 2 is 1.68 bits per heavy atom. The topological polar surface area (TPSA) is 140 Å². The van der Waals surface area contributed by atoms with Crippen LogP contribution >= 0.6 is 11.3 Å². The van der Waals surface area contributed by atoms with Crippen LogP contribution in [0.1, 0.15) is 37.5 Å². The molecule has 14 heteroatoms. The number of benzene rings is 1. The van der Waals surface area contributed by atoms with Crippen molar-refractivity contribution < 1.29 is 38.1 Å². The second-order valence-corrected chi connectivity index (χ2v) is 9.48. The number of aromatic nitrogens is 2. The molecule has 1 aliphatic heterocycles. The number of aliphatic hydroxyl groups excluding tert-OH is 2. The van der Waals surface area contributed by atoms with E-state index in [-0.39, 0.29) is 45.7 Å². The van der Waals surface area contributed by atoms with Crippen LogP contribution in [0.2, 0.25) is 0 Å². The van der Waals surface area contributed by atoms with E-state index in [1.807, 2.05) is 0 Å². The Balaban J connectivity index is 1.47. The zero-order valence-electron chi connectivity index (χ0n) is 19.5. The normalized spacial score (nSPS) is 18.4. The van der Waals surface area contributed by atoms with E-state index in [1.165, 1.54) is 47.8 Å². The maximum atomic E-state index is 12.8. The number of hydrogen-bond acceptors (Lipinski definition) is 8. The number of nitrogens with one attached hydrogen (secondary N) is 1. The third kappa shape index (κ3) is 5.35. The van der Waals surface area contributed by atoms with Gasteiger partial charge in [-0.25, -0.2) is 5.43 Å². The first-order valence-electron chi connectivity index (χ1n) is 10.9. The standard InChI is InChI=1S/C23H22F3N5O5S/c1-11(18-20(34)19(30(2)29-18)12-3-5-13(6-4-12)23(24,25)26)27-28-21(35)16-7-8-17(37-16)22(36)31-9-14(32)15(33)10-31/h3-8,14-15,32-34H,9-10H2,1-2H3,(H,28,35). The van der Waals surface area contributed by atoms with E-state index in [1.54, 1.807) is 0 Å². The third-order valence-corrected chi connectivity index (χ3v) is 6.83. The van der Waals surface area contributed by atoms with E-state index in [0.717, 1.165) is 23.5 Å². The van der Waals surface area contributed by atoms with Gasteiger partial charge in [0.1, 0.15) is 5.69 Å². The third-order valence-electron chi connectivity index (χ3n) is 5.76. The Morgan fingerprint density at radius 3 is 2.27 bits per heavy atom. The Labute approximate surface area is 212 Å². The van der Waals surface area contributed by atoms with Gasteiger partial charge in [0.05, 0.1) is 33.2 Å². The summed E-state index contributed by atoms with van der Waals surface area (Å²) in [6, 6.07) is 7.12. The lowest BCUT2D eigenvalue weighted by Crippen LogP contribution is -2.29. The maximum Gasteiger partial charge on any atom is 0.416 e. The highest BCUT2D eigenvalue weighted by Crippen LogP contribution is 2.35. The van der Waals surface area contributed by atoms with Crippen LogP contribution in [0.15, 0.2) is 41.5 Å². The second kappa shape index (κ2) is 9.95. The summed E-state index contributed by atoms with van der Waals surface area (Å²) in [6.45, 7) is 1.46. The van der Waals surface area contributed by atoms with Gasteiger partial charge in [-0.1, -0.05) is 12.1 Å². The lowest BCUT2D eigenvalue weighted by atomic mass is 10.1. The van der Waals surface area contributed by atoms with E-state index in [4.69, 9.17) is 0 Å². The summed E-state index contributed by atoms with van der Waals surface area (Å²) < 4.78 is 39.8. The highest BCUT2D eigenvalue weighted by Gasteiger charge is 2.34. The summed E-state index contributed by atoms with van der Waals surface area (Å²) in [4.78, 5) is 26.8. The molecule has 2 aromatic heterocycles. The number of β-amino-alcohol motifs (C(OH)–C–C–N with tert-alkyl or cyclic N) is 2. The summed E-state index contributed by atoms with van der Waals surface area (Å²) in [6.07, 6.45) is -6.53. The van der Waals surface area contributed by atoms with Crippen molar-refractivity contribution >= 4 is 28.9 Å². The first kappa shape index (κ1) is 26.3. The number of alkyl halides is 3. The fourth-order valence-corrected chi connectivity index (χ4v) is 4.67. The number of hydrogen-bond donors (Lipinski definition) is 4. The summed E-state index contributed by atoms with van der Waals surface area (Å²) in [7, 11) is 1.50. The molecule has 37 heavy (non-hydrogen) atoms. The van der Waals surface area contributed by atoms with Gasteiger partial charge in [-0.3, -0.25) is 14.3 Å². The molecule has 4 N–H and O–H groups in total. The molecular weight excluding hydrogens is 515 g/mol. The van der Waals surface area contributed by atoms with Crippen molar-refractivity contribution in [3.05, 3.63) is 57.4 Å². The van der Waals surface area contributed by atoms with E-state index < -0.39 is 35.8 Å². The van der Waals surface area contributed by atoms with Gasteiger partial charge >= 0.3 is 6.18 Å². The van der Waals surface area contributed by atoms with Crippen LogP contribution in [-0.4, -0.2) is 72.8 Å². The number of carbonyl (C=O) groups excluding carboxylic acids is 2. The number of carbonyl (C=O) groups is 2. The predicted octanol–water partition coefficient (Wildman–Crippen LogP) is 2.20. The molecule has 196 valence electrons. The Morgan fingerprint density at radius 1 is 1.08 bits per heavy atom. The molecule has 3 heterocycles. The average molecular weight is 538 g/mol. The molecule has 3 aromatic rings. The van der Waals surface area contributed by atoms with Crippen molar-refractivity contribution in [3.8, 4) is 17.0 Å². The smallest absolute Gasteiger partial charge is 0.416 e. The molecule has 4 rings (SSSR count). The largest absolute Gasteiger partial charge is 0.504 e.